The molecule has 3 aromatic rings. The number of primary amides is 1. The van der Waals surface area contributed by atoms with Crippen LogP contribution in [0.4, 0.5) is 15.3 Å². The average Bonchev–Trinajstić information content (AvgIpc) is 3.28. The van der Waals surface area contributed by atoms with Crippen molar-refractivity contribution >= 4 is 17.9 Å². The zero-order valence-corrected chi connectivity index (χ0v) is 20.0. The molecule has 9 nitrogen and oxygen atoms in total. The predicted octanol–water partition coefficient (Wildman–Crippen LogP) is 5.24. The van der Waals surface area contributed by atoms with Crippen molar-refractivity contribution in [1.29, 1.82) is 0 Å². The largest absolute Gasteiger partial charge is 0.449 e. The van der Waals surface area contributed by atoms with Crippen LogP contribution in [-0.4, -0.2) is 28.8 Å². The molecule has 9 heteroatoms. The number of ether oxygens (including phenoxy) is 2. The highest BCUT2D eigenvalue weighted by molar-refractivity contribution is 5.85. The van der Waals surface area contributed by atoms with Crippen molar-refractivity contribution in [2.24, 2.45) is 17.6 Å². The van der Waals surface area contributed by atoms with E-state index in [-0.39, 0.29) is 17.7 Å². The Morgan fingerprint density at radius 1 is 1.18 bits per heavy atom. The fourth-order valence-electron chi connectivity index (χ4n) is 3.63. The fourth-order valence-corrected chi connectivity index (χ4v) is 3.63. The summed E-state index contributed by atoms with van der Waals surface area (Å²) < 4.78 is 17.1. The molecule has 3 rings (SSSR count). The smallest absolute Gasteiger partial charge is 0.411 e. The Balaban J connectivity index is 2.08. The number of benzene rings is 1. The van der Waals surface area contributed by atoms with Crippen molar-refractivity contribution < 1.29 is 23.5 Å². The zero-order chi connectivity index (χ0) is 24.9. The van der Waals surface area contributed by atoms with Gasteiger partial charge in [-0.2, -0.15) is 0 Å². The number of rotatable bonds is 8. The Morgan fingerprint density at radius 2 is 1.94 bits per heavy atom. The molecule has 34 heavy (non-hydrogen) atoms. The molecule has 0 aliphatic carbocycles. The van der Waals surface area contributed by atoms with Crippen molar-refractivity contribution in [2.75, 3.05) is 11.9 Å². The van der Waals surface area contributed by atoms with E-state index in [1.54, 1.807) is 42.9 Å². The van der Waals surface area contributed by atoms with Gasteiger partial charge in [0, 0.05) is 35.1 Å². The van der Waals surface area contributed by atoms with Gasteiger partial charge in [0.2, 0.25) is 11.5 Å². The zero-order valence-electron chi connectivity index (χ0n) is 20.0. The number of amides is 2. The summed E-state index contributed by atoms with van der Waals surface area (Å²) in [7, 11) is 0. The predicted molar refractivity (Wildman–Crippen MR) is 127 cm³/mol. The van der Waals surface area contributed by atoms with Gasteiger partial charge in [-0.15, -0.1) is 0 Å². The highest BCUT2D eigenvalue weighted by Crippen LogP contribution is 2.43. The molecule has 0 aliphatic heterocycles. The van der Waals surface area contributed by atoms with Gasteiger partial charge in [0.15, 0.2) is 5.76 Å². The minimum Gasteiger partial charge on any atom is -0.449 e. The number of oxazole rings is 1. The van der Waals surface area contributed by atoms with E-state index in [1.165, 1.54) is 0 Å². The van der Waals surface area contributed by atoms with Crippen LogP contribution < -0.4 is 11.1 Å². The first-order valence-electron chi connectivity index (χ1n) is 11.0. The molecule has 0 aliphatic rings. The summed E-state index contributed by atoms with van der Waals surface area (Å²) in [5.41, 5.74) is 6.61. The second-order valence-electron chi connectivity index (χ2n) is 8.73. The van der Waals surface area contributed by atoms with Crippen molar-refractivity contribution in [1.82, 2.24) is 9.97 Å². The molecule has 1 aromatic carbocycles. The van der Waals surface area contributed by atoms with E-state index < -0.39 is 17.8 Å². The molecule has 0 saturated carbocycles. The standard InChI is InChI=1S/C25H30N4O5/c1-15(2)14-32-24(31)29-19-9-8-17(5)20(11-19)25(16(3)4,34-23(26)30)22-28-13-21(33-22)18-7-6-10-27-12-18/h6-13,15-16H,14H2,1-5H3,(H2,26,30)(H,29,31). The van der Waals surface area contributed by atoms with Gasteiger partial charge >= 0.3 is 12.2 Å². The van der Waals surface area contributed by atoms with Gasteiger partial charge in [0.25, 0.3) is 0 Å². The second-order valence-corrected chi connectivity index (χ2v) is 8.73. The van der Waals surface area contributed by atoms with E-state index in [0.29, 0.717) is 23.6 Å². The van der Waals surface area contributed by atoms with Crippen LogP contribution in [0.2, 0.25) is 0 Å². The number of aromatic nitrogens is 2. The molecule has 0 fully saturated rings. The lowest BCUT2D eigenvalue weighted by atomic mass is 9.80. The summed E-state index contributed by atoms with van der Waals surface area (Å²) >= 11 is 0. The fraction of sp³-hybridized carbons (Fsp3) is 0.360. The maximum atomic E-state index is 12.2. The topological polar surface area (TPSA) is 130 Å². The Kier molecular flexibility index (Phi) is 7.55. The van der Waals surface area contributed by atoms with E-state index in [0.717, 1.165) is 11.1 Å². The Labute approximate surface area is 198 Å². The number of aryl methyl sites for hydroxylation is 1. The number of pyridine rings is 1. The number of hydrogen-bond donors (Lipinski definition) is 2. The van der Waals surface area contributed by atoms with Crippen LogP contribution in [0, 0.1) is 18.8 Å². The van der Waals surface area contributed by atoms with Gasteiger partial charge in [0.05, 0.1) is 12.8 Å². The monoisotopic (exact) mass is 466 g/mol. The molecule has 0 radical (unpaired) electrons. The van der Waals surface area contributed by atoms with Crippen LogP contribution in [0.5, 0.6) is 0 Å². The van der Waals surface area contributed by atoms with Crippen LogP contribution >= 0.6 is 0 Å². The highest BCUT2D eigenvalue weighted by Gasteiger charge is 2.47. The lowest BCUT2D eigenvalue weighted by Gasteiger charge is -2.35. The first kappa shape index (κ1) is 24.8. The van der Waals surface area contributed by atoms with Crippen molar-refractivity contribution in [3.8, 4) is 11.3 Å². The van der Waals surface area contributed by atoms with E-state index in [2.05, 4.69) is 15.3 Å². The van der Waals surface area contributed by atoms with E-state index in [9.17, 15) is 9.59 Å². The van der Waals surface area contributed by atoms with Crippen LogP contribution in [-0.2, 0) is 15.1 Å². The lowest BCUT2D eigenvalue weighted by Crippen LogP contribution is -2.41. The average molecular weight is 467 g/mol. The molecule has 3 N–H and O–H groups in total. The van der Waals surface area contributed by atoms with E-state index in [4.69, 9.17) is 19.6 Å². The molecule has 180 valence electrons. The number of nitrogens with two attached hydrogens (primary N) is 1. The maximum Gasteiger partial charge on any atom is 0.411 e. The number of nitrogens with one attached hydrogen (secondary N) is 1. The number of carbonyl (C=O) groups is 2. The summed E-state index contributed by atoms with van der Waals surface area (Å²) in [4.78, 5) is 32.9. The first-order chi connectivity index (χ1) is 16.1. The summed E-state index contributed by atoms with van der Waals surface area (Å²) in [5, 5.41) is 2.72. The van der Waals surface area contributed by atoms with Gasteiger partial charge in [-0.1, -0.05) is 33.8 Å². The number of hydrogen-bond acceptors (Lipinski definition) is 7. The number of nitrogens with zero attached hydrogens (tertiary/aromatic N) is 2. The summed E-state index contributed by atoms with van der Waals surface area (Å²) in [6, 6.07) is 8.87. The molecule has 2 aromatic heterocycles. The molecular weight excluding hydrogens is 436 g/mol. The van der Waals surface area contributed by atoms with Crippen molar-refractivity contribution in [3.05, 3.63) is 65.9 Å². The molecule has 1 unspecified atom stereocenters. The molecular formula is C25H30N4O5. The summed E-state index contributed by atoms with van der Waals surface area (Å²) in [6.07, 6.45) is 3.29. The molecule has 0 saturated heterocycles. The Hall–Kier alpha value is -3.88. The van der Waals surface area contributed by atoms with Crippen LogP contribution in [0.3, 0.4) is 0 Å². The lowest BCUT2D eigenvalue weighted by molar-refractivity contribution is -0.0111. The second kappa shape index (κ2) is 10.4. The van der Waals surface area contributed by atoms with Gasteiger partial charge < -0.3 is 19.6 Å². The number of carbonyl (C=O) groups excluding carboxylic acids is 2. The molecule has 1 atom stereocenters. The molecule has 0 spiro atoms. The van der Waals surface area contributed by atoms with Gasteiger partial charge in [-0.3, -0.25) is 10.3 Å². The Bertz CT molecular complexity index is 1140. The maximum absolute atomic E-state index is 12.2. The highest BCUT2D eigenvalue weighted by atomic mass is 16.6. The van der Waals surface area contributed by atoms with Gasteiger partial charge in [0.1, 0.15) is 0 Å². The van der Waals surface area contributed by atoms with Gasteiger partial charge in [-0.05, 0) is 42.7 Å². The van der Waals surface area contributed by atoms with Crippen LogP contribution in [0.1, 0.15) is 44.7 Å². The number of anilines is 1. The van der Waals surface area contributed by atoms with Crippen LogP contribution in [0.25, 0.3) is 11.3 Å². The molecule has 2 amide bonds. The van der Waals surface area contributed by atoms with E-state index in [1.807, 2.05) is 40.7 Å². The summed E-state index contributed by atoms with van der Waals surface area (Å²) in [6.45, 7) is 9.79. The first-order valence-corrected chi connectivity index (χ1v) is 11.0. The van der Waals surface area contributed by atoms with Crippen molar-refractivity contribution in [3.63, 3.8) is 0 Å². The minimum atomic E-state index is -1.45. The third-order valence-corrected chi connectivity index (χ3v) is 5.28. The van der Waals surface area contributed by atoms with E-state index >= 15 is 0 Å². The van der Waals surface area contributed by atoms with Gasteiger partial charge in [-0.25, -0.2) is 14.6 Å². The third-order valence-electron chi connectivity index (χ3n) is 5.28. The third kappa shape index (κ3) is 5.36. The quantitative estimate of drug-likeness (QED) is 0.464. The molecule has 0 bridgehead atoms. The normalized spacial score (nSPS) is 12.9. The SMILES string of the molecule is Cc1ccc(NC(=O)OCC(C)C)cc1C(OC(N)=O)(c1ncc(-c2cccnc2)o1)C(C)C. The Morgan fingerprint density at radius 3 is 2.56 bits per heavy atom. The van der Waals surface area contributed by atoms with Crippen LogP contribution in [0.15, 0.2) is 53.3 Å². The minimum absolute atomic E-state index is 0.155. The van der Waals surface area contributed by atoms with Crippen molar-refractivity contribution in [2.45, 2.75) is 40.2 Å². The summed E-state index contributed by atoms with van der Waals surface area (Å²) in [5.74, 6) is 0.492. The molecule has 2 heterocycles.